The Hall–Kier alpha value is -2.17. The number of hydrogen-bond acceptors (Lipinski definition) is 4. The number of rotatable bonds is 5. The van der Waals surface area contributed by atoms with Crippen molar-refractivity contribution in [3.63, 3.8) is 0 Å². The second kappa shape index (κ2) is 11.6. The molecular weight excluding hydrogens is 525 g/mol. The molecule has 2 fully saturated rings. The molecule has 2 aliphatic heterocycles. The summed E-state index contributed by atoms with van der Waals surface area (Å²) in [5, 5.41) is 3.42. The molecule has 6 nitrogen and oxygen atoms in total. The number of nitrogens with one attached hydrogen (secondary N) is 1. The summed E-state index contributed by atoms with van der Waals surface area (Å²) >= 11 is 0. The van der Waals surface area contributed by atoms with Crippen LogP contribution in [-0.4, -0.2) is 68.2 Å². The van der Waals surface area contributed by atoms with Crippen LogP contribution in [0.5, 0.6) is 0 Å². The average molecular weight is 556 g/mol. The van der Waals surface area contributed by atoms with E-state index in [2.05, 4.69) is 31.9 Å². The largest absolute Gasteiger partial charge is 0.371 e. The van der Waals surface area contributed by atoms with Gasteiger partial charge in [0.05, 0.1) is 0 Å². The van der Waals surface area contributed by atoms with Gasteiger partial charge in [-0.05, 0) is 43.5 Å². The van der Waals surface area contributed by atoms with Crippen LogP contribution in [0.3, 0.4) is 0 Å². The van der Waals surface area contributed by atoms with Gasteiger partial charge in [-0.2, -0.15) is 0 Å². The molecule has 1 aromatic carbocycles. The SMILES string of the molecule is CCNC(=NCC1CCN(c2ccc(F)c(F)c2)C1)N1CCN(c2ccccn2)CC1.I. The van der Waals surface area contributed by atoms with E-state index in [-0.39, 0.29) is 24.0 Å². The van der Waals surface area contributed by atoms with Crippen LogP contribution in [0.4, 0.5) is 20.3 Å². The Labute approximate surface area is 205 Å². The van der Waals surface area contributed by atoms with Crippen LogP contribution in [0.1, 0.15) is 13.3 Å². The molecule has 2 aliphatic rings. The molecule has 174 valence electrons. The van der Waals surface area contributed by atoms with Gasteiger partial charge in [0.15, 0.2) is 17.6 Å². The summed E-state index contributed by atoms with van der Waals surface area (Å²) in [4.78, 5) is 16.1. The Morgan fingerprint density at radius 1 is 1.06 bits per heavy atom. The normalized spacial score (nSPS) is 19.2. The number of guanidine groups is 1. The standard InChI is InChI=1S/C23H30F2N6.HI/c1-2-26-23(30-13-11-29(12-14-30)22-5-3-4-9-27-22)28-16-18-8-10-31(17-18)19-6-7-20(24)21(25)15-19;/h3-7,9,15,18H,2,8,10-14,16-17H2,1H3,(H,26,28);1H. The number of piperazine rings is 1. The first-order valence-corrected chi connectivity index (χ1v) is 11.0. The first kappa shape index (κ1) is 24.5. The van der Waals surface area contributed by atoms with Gasteiger partial charge in [0.2, 0.25) is 0 Å². The maximum Gasteiger partial charge on any atom is 0.194 e. The lowest BCUT2D eigenvalue weighted by Crippen LogP contribution is -2.52. The minimum Gasteiger partial charge on any atom is -0.371 e. The number of pyridine rings is 1. The summed E-state index contributed by atoms with van der Waals surface area (Å²) in [7, 11) is 0. The molecule has 0 saturated carbocycles. The molecule has 2 saturated heterocycles. The van der Waals surface area contributed by atoms with Gasteiger partial charge in [-0.15, -0.1) is 24.0 Å². The fourth-order valence-electron chi connectivity index (χ4n) is 4.23. The van der Waals surface area contributed by atoms with Crippen molar-refractivity contribution in [3.05, 3.63) is 54.2 Å². The minimum absolute atomic E-state index is 0. The smallest absolute Gasteiger partial charge is 0.194 e. The van der Waals surface area contributed by atoms with Crippen molar-refractivity contribution in [1.82, 2.24) is 15.2 Å². The summed E-state index contributed by atoms with van der Waals surface area (Å²) in [5.41, 5.74) is 0.739. The van der Waals surface area contributed by atoms with Crippen LogP contribution >= 0.6 is 24.0 Å². The molecule has 3 heterocycles. The monoisotopic (exact) mass is 556 g/mol. The number of benzene rings is 1. The lowest BCUT2D eigenvalue weighted by molar-refractivity contribution is 0.370. The van der Waals surface area contributed by atoms with Gasteiger partial charge in [-0.3, -0.25) is 4.99 Å². The van der Waals surface area contributed by atoms with E-state index in [1.165, 1.54) is 12.1 Å². The zero-order valence-electron chi connectivity index (χ0n) is 18.4. The summed E-state index contributed by atoms with van der Waals surface area (Å²) in [5.74, 6) is 0.777. The van der Waals surface area contributed by atoms with Gasteiger partial charge in [-0.25, -0.2) is 13.8 Å². The number of aliphatic imine (C=N–C) groups is 1. The Balaban J connectivity index is 0.00000289. The molecule has 0 spiro atoms. The highest BCUT2D eigenvalue weighted by Gasteiger charge is 2.25. The van der Waals surface area contributed by atoms with Gasteiger partial charge in [0.1, 0.15) is 5.82 Å². The van der Waals surface area contributed by atoms with Crippen LogP contribution in [-0.2, 0) is 0 Å². The Morgan fingerprint density at radius 2 is 1.88 bits per heavy atom. The summed E-state index contributed by atoms with van der Waals surface area (Å²) < 4.78 is 26.8. The molecule has 0 aliphatic carbocycles. The molecule has 1 unspecified atom stereocenters. The molecule has 1 aromatic heterocycles. The number of nitrogens with zero attached hydrogens (tertiary/aromatic N) is 5. The first-order chi connectivity index (χ1) is 15.1. The highest BCUT2D eigenvalue weighted by Crippen LogP contribution is 2.25. The zero-order chi connectivity index (χ0) is 21.6. The number of hydrogen-bond donors (Lipinski definition) is 1. The van der Waals surface area contributed by atoms with Crippen LogP contribution in [0.15, 0.2) is 47.6 Å². The second-order valence-corrected chi connectivity index (χ2v) is 8.06. The van der Waals surface area contributed by atoms with Crippen LogP contribution < -0.4 is 15.1 Å². The number of anilines is 2. The van der Waals surface area contributed by atoms with E-state index < -0.39 is 11.6 Å². The molecule has 0 bridgehead atoms. The Kier molecular flexibility index (Phi) is 8.89. The van der Waals surface area contributed by atoms with E-state index in [1.54, 1.807) is 6.07 Å². The molecule has 0 radical (unpaired) electrons. The van der Waals surface area contributed by atoms with Gasteiger partial charge in [0.25, 0.3) is 0 Å². The van der Waals surface area contributed by atoms with Crippen molar-refractivity contribution in [2.45, 2.75) is 13.3 Å². The van der Waals surface area contributed by atoms with Crippen LogP contribution in [0.25, 0.3) is 0 Å². The highest BCUT2D eigenvalue weighted by molar-refractivity contribution is 14.0. The first-order valence-electron chi connectivity index (χ1n) is 11.0. The molecule has 32 heavy (non-hydrogen) atoms. The zero-order valence-corrected chi connectivity index (χ0v) is 20.7. The number of aromatic nitrogens is 1. The predicted octanol–water partition coefficient (Wildman–Crippen LogP) is 3.59. The van der Waals surface area contributed by atoms with Crippen LogP contribution in [0, 0.1) is 17.6 Å². The lowest BCUT2D eigenvalue weighted by Gasteiger charge is -2.37. The van der Waals surface area contributed by atoms with Gasteiger partial charge in [-0.1, -0.05) is 6.07 Å². The molecule has 2 aromatic rings. The van der Waals surface area contributed by atoms with E-state index in [9.17, 15) is 8.78 Å². The maximum absolute atomic E-state index is 13.6. The summed E-state index contributed by atoms with van der Waals surface area (Å²) in [6.45, 7) is 8.89. The molecule has 9 heteroatoms. The third kappa shape index (κ3) is 5.99. The lowest BCUT2D eigenvalue weighted by atomic mass is 10.1. The minimum atomic E-state index is -0.803. The van der Waals surface area contributed by atoms with Gasteiger partial charge in [0, 0.05) is 70.3 Å². The van der Waals surface area contributed by atoms with E-state index in [0.717, 1.165) is 76.2 Å². The quantitative estimate of drug-likeness (QED) is 0.347. The third-order valence-electron chi connectivity index (χ3n) is 5.94. The molecule has 0 amide bonds. The van der Waals surface area contributed by atoms with Gasteiger partial charge < -0.3 is 20.0 Å². The summed E-state index contributed by atoms with van der Waals surface area (Å²) in [6, 6.07) is 10.1. The second-order valence-electron chi connectivity index (χ2n) is 8.06. The Morgan fingerprint density at radius 3 is 2.56 bits per heavy atom. The predicted molar refractivity (Wildman–Crippen MR) is 136 cm³/mol. The third-order valence-corrected chi connectivity index (χ3v) is 5.94. The van der Waals surface area contributed by atoms with Crippen molar-refractivity contribution >= 4 is 41.4 Å². The van der Waals surface area contributed by atoms with Gasteiger partial charge >= 0.3 is 0 Å². The maximum atomic E-state index is 13.6. The van der Waals surface area contributed by atoms with Crippen molar-refractivity contribution in [1.29, 1.82) is 0 Å². The van der Waals surface area contributed by atoms with Crippen molar-refractivity contribution in [2.75, 3.05) is 62.2 Å². The highest BCUT2D eigenvalue weighted by atomic mass is 127. The Bertz CT molecular complexity index is 889. The summed E-state index contributed by atoms with van der Waals surface area (Å²) in [6.07, 6.45) is 2.83. The fraction of sp³-hybridized carbons (Fsp3) is 0.478. The van der Waals surface area contributed by atoms with Crippen LogP contribution in [0.2, 0.25) is 0 Å². The van der Waals surface area contributed by atoms with E-state index in [4.69, 9.17) is 4.99 Å². The fourth-order valence-corrected chi connectivity index (χ4v) is 4.23. The average Bonchev–Trinajstić information content (AvgIpc) is 3.28. The molecule has 1 atom stereocenters. The van der Waals surface area contributed by atoms with E-state index in [0.29, 0.717) is 5.92 Å². The molecule has 4 rings (SSSR count). The van der Waals surface area contributed by atoms with E-state index in [1.807, 2.05) is 24.4 Å². The molecule has 1 N–H and O–H groups in total. The topological polar surface area (TPSA) is 47.0 Å². The van der Waals surface area contributed by atoms with E-state index >= 15 is 0 Å². The van der Waals surface area contributed by atoms with Crippen molar-refractivity contribution < 1.29 is 8.78 Å². The number of halogens is 3. The van der Waals surface area contributed by atoms with Crippen molar-refractivity contribution in [2.24, 2.45) is 10.9 Å². The van der Waals surface area contributed by atoms with Crippen molar-refractivity contribution in [3.8, 4) is 0 Å². The molecular formula is C23H31F2IN6.